The van der Waals surface area contributed by atoms with Crippen LogP contribution in [0.2, 0.25) is 10.2 Å². The summed E-state index contributed by atoms with van der Waals surface area (Å²) in [5.41, 5.74) is 1.56. The third-order valence-corrected chi connectivity index (χ3v) is 3.46. The van der Waals surface area contributed by atoms with Crippen molar-refractivity contribution in [1.82, 2.24) is 9.97 Å². The van der Waals surface area contributed by atoms with Gasteiger partial charge in [-0.3, -0.25) is 0 Å². The fourth-order valence-electron chi connectivity index (χ4n) is 1.95. The van der Waals surface area contributed by atoms with Crippen molar-refractivity contribution in [2.75, 3.05) is 7.11 Å². The molecule has 0 spiro atoms. The van der Waals surface area contributed by atoms with Crippen molar-refractivity contribution in [2.45, 2.75) is 0 Å². The van der Waals surface area contributed by atoms with Gasteiger partial charge in [-0.2, -0.15) is 0 Å². The summed E-state index contributed by atoms with van der Waals surface area (Å²) in [7, 11) is 1.61. The number of rotatable bonds is 2. The topological polar surface area (TPSA) is 35.0 Å². The number of methoxy groups -OCH3 is 1. The van der Waals surface area contributed by atoms with Gasteiger partial charge in [-0.05, 0) is 24.3 Å². The minimum atomic E-state index is 0.410. The molecule has 0 unspecified atom stereocenters. The molecule has 20 heavy (non-hydrogen) atoms. The Kier molecular flexibility index (Phi) is 3.47. The van der Waals surface area contributed by atoms with Crippen LogP contribution in [0.1, 0.15) is 0 Å². The van der Waals surface area contributed by atoms with Crippen molar-refractivity contribution in [1.29, 1.82) is 0 Å². The number of ether oxygens (including phenoxy) is 1. The van der Waals surface area contributed by atoms with E-state index in [1.807, 2.05) is 30.3 Å². The van der Waals surface area contributed by atoms with E-state index in [9.17, 15) is 0 Å². The molecular weight excluding hydrogens is 295 g/mol. The highest BCUT2D eigenvalue weighted by Crippen LogP contribution is 2.28. The summed E-state index contributed by atoms with van der Waals surface area (Å²) in [6.07, 6.45) is 0. The molecule has 3 aromatic rings. The number of halogens is 2. The highest BCUT2D eigenvalue weighted by atomic mass is 35.5. The molecular formula is C15H10Cl2N2O. The van der Waals surface area contributed by atoms with Crippen LogP contribution in [0.15, 0.2) is 42.5 Å². The molecule has 2 aromatic carbocycles. The Morgan fingerprint density at radius 3 is 2.60 bits per heavy atom. The summed E-state index contributed by atoms with van der Waals surface area (Å²) in [6, 6.07) is 12.9. The number of hydrogen-bond donors (Lipinski definition) is 0. The van der Waals surface area contributed by atoms with E-state index in [4.69, 9.17) is 27.9 Å². The normalized spacial score (nSPS) is 10.8. The third kappa shape index (κ3) is 2.42. The van der Waals surface area contributed by atoms with Crippen molar-refractivity contribution >= 4 is 34.1 Å². The summed E-state index contributed by atoms with van der Waals surface area (Å²) in [5, 5.41) is 1.83. The molecule has 0 atom stereocenters. The quantitative estimate of drug-likeness (QED) is 0.648. The standard InChI is InChI=1S/C15H10Cl2N2O/c1-20-11-5-6-12-13(8-11)18-15(19-14(12)17)9-3-2-4-10(16)7-9/h2-8H,1H3. The largest absolute Gasteiger partial charge is 0.497 e. The Morgan fingerprint density at radius 2 is 1.85 bits per heavy atom. The van der Waals surface area contributed by atoms with Gasteiger partial charge in [0.2, 0.25) is 0 Å². The lowest BCUT2D eigenvalue weighted by molar-refractivity contribution is 0.415. The molecule has 0 bridgehead atoms. The van der Waals surface area contributed by atoms with Gasteiger partial charge >= 0.3 is 0 Å². The van der Waals surface area contributed by atoms with Crippen LogP contribution in [0.3, 0.4) is 0 Å². The predicted molar refractivity (Wildman–Crippen MR) is 81.5 cm³/mol. The number of hydrogen-bond acceptors (Lipinski definition) is 3. The highest BCUT2D eigenvalue weighted by molar-refractivity contribution is 6.34. The van der Waals surface area contributed by atoms with Gasteiger partial charge in [0.05, 0.1) is 12.6 Å². The van der Waals surface area contributed by atoms with Crippen molar-refractivity contribution < 1.29 is 4.74 Å². The van der Waals surface area contributed by atoms with E-state index in [1.54, 1.807) is 19.2 Å². The molecule has 1 heterocycles. The zero-order chi connectivity index (χ0) is 14.1. The molecule has 0 saturated heterocycles. The summed E-state index contributed by atoms with van der Waals surface area (Å²) in [4.78, 5) is 8.84. The summed E-state index contributed by atoms with van der Waals surface area (Å²) >= 11 is 12.2. The van der Waals surface area contributed by atoms with E-state index in [0.29, 0.717) is 16.0 Å². The molecule has 1 aromatic heterocycles. The van der Waals surface area contributed by atoms with E-state index < -0.39 is 0 Å². The van der Waals surface area contributed by atoms with Crippen LogP contribution in [0.25, 0.3) is 22.3 Å². The van der Waals surface area contributed by atoms with Crippen molar-refractivity contribution in [3.05, 3.63) is 52.6 Å². The zero-order valence-electron chi connectivity index (χ0n) is 10.6. The van der Waals surface area contributed by atoms with Crippen LogP contribution < -0.4 is 4.74 Å². The molecule has 0 radical (unpaired) electrons. The van der Waals surface area contributed by atoms with Gasteiger partial charge < -0.3 is 4.74 Å². The van der Waals surface area contributed by atoms with Crippen molar-refractivity contribution in [3.63, 3.8) is 0 Å². The average Bonchev–Trinajstić information content (AvgIpc) is 2.46. The van der Waals surface area contributed by atoms with Gasteiger partial charge in [0.25, 0.3) is 0 Å². The molecule has 0 amide bonds. The lowest BCUT2D eigenvalue weighted by atomic mass is 10.2. The second kappa shape index (κ2) is 5.27. The summed E-state index contributed by atoms with van der Waals surface area (Å²) < 4.78 is 5.20. The van der Waals surface area contributed by atoms with E-state index >= 15 is 0 Å². The molecule has 0 saturated carbocycles. The maximum atomic E-state index is 6.22. The zero-order valence-corrected chi connectivity index (χ0v) is 12.1. The molecule has 0 aliphatic carbocycles. The summed E-state index contributed by atoms with van der Waals surface area (Å²) in [6.45, 7) is 0. The highest BCUT2D eigenvalue weighted by Gasteiger charge is 2.09. The maximum absolute atomic E-state index is 6.22. The lowest BCUT2D eigenvalue weighted by Gasteiger charge is -2.06. The Hall–Kier alpha value is -1.84. The maximum Gasteiger partial charge on any atom is 0.161 e. The number of fused-ring (bicyclic) bond motifs is 1. The van der Waals surface area contributed by atoms with Crippen LogP contribution in [0.5, 0.6) is 5.75 Å². The van der Waals surface area contributed by atoms with Gasteiger partial charge in [0.1, 0.15) is 10.9 Å². The van der Waals surface area contributed by atoms with E-state index in [0.717, 1.165) is 22.2 Å². The molecule has 3 rings (SSSR count). The monoisotopic (exact) mass is 304 g/mol. The van der Waals surface area contributed by atoms with Gasteiger partial charge in [0.15, 0.2) is 5.82 Å². The van der Waals surface area contributed by atoms with Gasteiger partial charge in [0, 0.05) is 22.0 Å². The smallest absolute Gasteiger partial charge is 0.161 e. The van der Waals surface area contributed by atoms with E-state index in [2.05, 4.69) is 9.97 Å². The first kappa shape index (κ1) is 13.2. The molecule has 0 N–H and O–H groups in total. The van der Waals surface area contributed by atoms with Crippen LogP contribution in [-0.2, 0) is 0 Å². The van der Waals surface area contributed by atoms with E-state index in [-0.39, 0.29) is 0 Å². The Balaban J connectivity index is 2.22. The molecule has 0 aliphatic rings. The van der Waals surface area contributed by atoms with Crippen LogP contribution in [0.4, 0.5) is 0 Å². The average molecular weight is 305 g/mol. The second-order valence-corrected chi connectivity index (χ2v) is 5.03. The van der Waals surface area contributed by atoms with Gasteiger partial charge in [-0.25, -0.2) is 9.97 Å². The fraction of sp³-hybridized carbons (Fsp3) is 0.0667. The Labute approximate surface area is 126 Å². The first-order valence-electron chi connectivity index (χ1n) is 5.94. The number of aromatic nitrogens is 2. The molecule has 0 aliphatic heterocycles. The van der Waals surface area contributed by atoms with Crippen LogP contribution in [-0.4, -0.2) is 17.1 Å². The number of benzene rings is 2. The Bertz CT molecular complexity index is 790. The number of nitrogens with zero attached hydrogens (tertiary/aromatic N) is 2. The lowest BCUT2D eigenvalue weighted by Crippen LogP contribution is -1.93. The first-order valence-corrected chi connectivity index (χ1v) is 6.70. The van der Waals surface area contributed by atoms with Crippen LogP contribution >= 0.6 is 23.2 Å². The van der Waals surface area contributed by atoms with E-state index in [1.165, 1.54) is 0 Å². The van der Waals surface area contributed by atoms with Crippen molar-refractivity contribution in [2.24, 2.45) is 0 Å². The molecule has 0 fully saturated rings. The SMILES string of the molecule is COc1ccc2c(Cl)nc(-c3cccc(Cl)c3)nc2c1. The fourth-order valence-corrected chi connectivity index (χ4v) is 2.38. The van der Waals surface area contributed by atoms with Gasteiger partial charge in [-0.1, -0.05) is 35.3 Å². The predicted octanol–water partition coefficient (Wildman–Crippen LogP) is 4.61. The summed E-state index contributed by atoms with van der Waals surface area (Å²) in [5.74, 6) is 1.27. The minimum Gasteiger partial charge on any atom is -0.497 e. The molecule has 3 nitrogen and oxygen atoms in total. The molecule has 5 heteroatoms. The van der Waals surface area contributed by atoms with Crippen molar-refractivity contribution in [3.8, 4) is 17.1 Å². The molecule has 100 valence electrons. The van der Waals surface area contributed by atoms with Crippen LogP contribution in [0, 0.1) is 0 Å². The second-order valence-electron chi connectivity index (χ2n) is 4.23. The Morgan fingerprint density at radius 1 is 1.00 bits per heavy atom. The minimum absolute atomic E-state index is 0.410. The first-order chi connectivity index (χ1) is 9.67. The van der Waals surface area contributed by atoms with Gasteiger partial charge in [-0.15, -0.1) is 0 Å². The third-order valence-electron chi connectivity index (χ3n) is 2.94.